The first kappa shape index (κ1) is 16.9. The molecule has 0 saturated carbocycles. The summed E-state index contributed by atoms with van der Waals surface area (Å²) in [5.41, 5.74) is 0.914. The van der Waals surface area contributed by atoms with Crippen molar-refractivity contribution in [1.82, 2.24) is 14.3 Å². The first-order valence-corrected chi connectivity index (χ1v) is 9.38. The van der Waals surface area contributed by atoms with Gasteiger partial charge in [-0.1, -0.05) is 0 Å². The lowest BCUT2D eigenvalue weighted by atomic mass is 9.96. The van der Waals surface area contributed by atoms with E-state index < -0.39 is 10.0 Å². The van der Waals surface area contributed by atoms with Crippen LogP contribution in [-0.4, -0.2) is 42.9 Å². The van der Waals surface area contributed by atoms with Crippen molar-refractivity contribution in [2.75, 3.05) is 20.2 Å². The molecule has 6 nitrogen and oxygen atoms in total. The Bertz CT molecular complexity index is 806. The second-order valence-electron chi connectivity index (χ2n) is 5.91. The normalized spacial score (nSPS) is 19.2. The zero-order valence-electron chi connectivity index (χ0n) is 13.8. The van der Waals surface area contributed by atoms with E-state index in [0.29, 0.717) is 29.6 Å². The summed E-state index contributed by atoms with van der Waals surface area (Å²) in [7, 11) is -1.95. The zero-order valence-corrected chi connectivity index (χ0v) is 14.7. The Morgan fingerprint density at radius 2 is 1.96 bits per heavy atom. The summed E-state index contributed by atoms with van der Waals surface area (Å²) in [5, 5.41) is 0. The number of sulfonamides is 1. The van der Waals surface area contributed by atoms with Crippen molar-refractivity contribution in [3.63, 3.8) is 0 Å². The molecule has 1 aliphatic heterocycles. The third kappa shape index (κ3) is 3.42. The Morgan fingerprint density at radius 3 is 2.62 bits per heavy atom. The number of aromatic nitrogens is 2. The van der Waals surface area contributed by atoms with Crippen molar-refractivity contribution in [3.8, 4) is 5.75 Å². The highest BCUT2D eigenvalue weighted by atomic mass is 32.2. The van der Waals surface area contributed by atoms with E-state index in [4.69, 9.17) is 4.74 Å². The third-order valence-corrected chi connectivity index (χ3v) is 6.18. The summed E-state index contributed by atoms with van der Waals surface area (Å²) in [5.74, 6) is 1.46. The molecule has 1 fully saturated rings. The molecule has 24 heavy (non-hydrogen) atoms. The molecule has 7 heteroatoms. The van der Waals surface area contributed by atoms with Gasteiger partial charge < -0.3 is 4.74 Å². The van der Waals surface area contributed by atoms with Gasteiger partial charge in [0.1, 0.15) is 11.6 Å². The first-order valence-electron chi connectivity index (χ1n) is 7.94. The smallest absolute Gasteiger partial charge is 0.243 e. The van der Waals surface area contributed by atoms with Gasteiger partial charge in [-0.15, -0.1) is 0 Å². The van der Waals surface area contributed by atoms with E-state index >= 15 is 0 Å². The lowest BCUT2D eigenvalue weighted by Gasteiger charge is -2.31. The summed E-state index contributed by atoms with van der Waals surface area (Å²) in [6.07, 6.45) is 3.49. The molecule has 128 valence electrons. The number of nitrogens with zero attached hydrogens (tertiary/aromatic N) is 3. The van der Waals surface area contributed by atoms with E-state index in [9.17, 15) is 8.42 Å². The largest absolute Gasteiger partial charge is 0.497 e. The highest BCUT2D eigenvalue weighted by molar-refractivity contribution is 7.89. The Balaban J connectivity index is 1.82. The number of ether oxygens (including phenoxy) is 1. The zero-order chi connectivity index (χ0) is 17.2. The lowest BCUT2D eigenvalue weighted by molar-refractivity contribution is 0.312. The Kier molecular flexibility index (Phi) is 4.82. The molecule has 2 aromatic rings. The van der Waals surface area contributed by atoms with Gasteiger partial charge >= 0.3 is 0 Å². The van der Waals surface area contributed by atoms with E-state index in [2.05, 4.69) is 9.97 Å². The second-order valence-corrected chi connectivity index (χ2v) is 7.84. The van der Waals surface area contributed by atoms with Crippen molar-refractivity contribution in [3.05, 3.63) is 48.0 Å². The fourth-order valence-corrected chi connectivity index (χ4v) is 4.52. The number of hydrogen-bond acceptors (Lipinski definition) is 5. The van der Waals surface area contributed by atoms with Crippen LogP contribution in [0.1, 0.15) is 30.3 Å². The summed E-state index contributed by atoms with van der Waals surface area (Å²) < 4.78 is 32.4. The van der Waals surface area contributed by atoms with E-state index in [1.54, 1.807) is 41.9 Å². The fraction of sp³-hybridized carbons (Fsp3) is 0.412. The van der Waals surface area contributed by atoms with Crippen LogP contribution in [0.3, 0.4) is 0 Å². The number of hydrogen-bond donors (Lipinski definition) is 0. The lowest BCUT2D eigenvalue weighted by Crippen LogP contribution is -2.39. The number of piperidine rings is 1. The van der Waals surface area contributed by atoms with Gasteiger partial charge in [0.2, 0.25) is 10.0 Å². The fourth-order valence-electron chi connectivity index (χ4n) is 3.00. The molecule has 0 aliphatic carbocycles. The highest BCUT2D eigenvalue weighted by Crippen LogP contribution is 2.29. The van der Waals surface area contributed by atoms with Crippen LogP contribution in [0.15, 0.2) is 41.4 Å². The molecule has 0 unspecified atom stereocenters. The van der Waals surface area contributed by atoms with Gasteiger partial charge in [-0.3, -0.25) is 0 Å². The van der Waals surface area contributed by atoms with E-state index in [1.165, 1.54) is 0 Å². The van der Waals surface area contributed by atoms with Gasteiger partial charge in [0.25, 0.3) is 0 Å². The van der Waals surface area contributed by atoms with Crippen LogP contribution in [0.2, 0.25) is 0 Å². The molecule has 1 saturated heterocycles. The minimum Gasteiger partial charge on any atom is -0.497 e. The van der Waals surface area contributed by atoms with Gasteiger partial charge in [0.05, 0.1) is 12.0 Å². The molecule has 1 aromatic heterocycles. The van der Waals surface area contributed by atoms with Crippen molar-refractivity contribution in [1.29, 1.82) is 0 Å². The van der Waals surface area contributed by atoms with Crippen LogP contribution in [0.5, 0.6) is 5.75 Å². The van der Waals surface area contributed by atoms with Crippen LogP contribution in [0, 0.1) is 6.92 Å². The number of benzene rings is 1. The maximum Gasteiger partial charge on any atom is 0.243 e. The summed E-state index contributed by atoms with van der Waals surface area (Å²) in [4.78, 5) is 8.87. The maximum atomic E-state index is 12.9. The number of methoxy groups -OCH3 is 1. The number of aryl methyl sites for hydroxylation is 1. The maximum absolute atomic E-state index is 12.9. The topological polar surface area (TPSA) is 72.4 Å². The predicted octanol–water partition coefficient (Wildman–Crippen LogP) is 2.36. The molecule has 0 spiro atoms. The standard InChI is InChI=1S/C17H21N3O3S/c1-13-18-10-9-17(19-13)14-4-3-11-20(12-14)24(21,22)16-7-5-15(23-2)6-8-16/h5-10,14H,3-4,11-12H2,1-2H3/t14-/m0/s1. The molecule has 1 aliphatic rings. The molecule has 0 radical (unpaired) electrons. The Labute approximate surface area is 142 Å². The van der Waals surface area contributed by atoms with Gasteiger partial charge in [0.15, 0.2) is 0 Å². The van der Waals surface area contributed by atoms with Crippen molar-refractivity contribution in [2.45, 2.75) is 30.6 Å². The van der Waals surface area contributed by atoms with Crippen molar-refractivity contribution >= 4 is 10.0 Å². The Morgan fingerprint density at radius 1 is 1.21 bits per heavy atom. The third-order valence-electron chi connectivity index (χ3n) is 4.30. The molecule has 0 amide bonds. The quantitative estimate of drug-likeness (QED) is 0.849. The van der Waals surface area contributed by atoms with Gasteiger partial charge in [-0.2, -0.15) is 4.31 Å². The minimum absolute atomic E-state index is 0.105. The van der Waals surface area contributed by atoms with E-state index in [-0.39, 0.29) is 5.92 Å². The van der Waals surface area contributed by atoms with Gasteiger partial charge in [0, 0.05) is 30.9 Å². The molecule has 2 heterocycles. The average molecular weight is 347 g/mol. The van der Waals surface area contributed by atoms with Crippen LogP contribution in [-0.2, 0) is 10.0 Å². The molecular weight excluding hydrogens is 326 g/mol. The van der Waals surface area contributed by atoms with Crippen molar-refractivity contribution < 1.29 is 13.2 Å². The summed E-state index contributed by atoms with van der Waals surface area (Å²) in [6.45, 7) is 2.83. The molecule has 1 atom stereocenters. The summed E-state index contributed by atoms with van der Waals surface area (Å²) >= 11 is 0. The van der Waals surface area contributed by atoms with Gasteiger partial charge in [-0.05, 0) is 50.1 Å². The monoisotopic (exact) mass is 347 g/mol. The number of rotatable bonds is 4. The van der Waals surface area contributed by atoms with Crippen molar-refractivity contribution in [2.24, 2.45) is 0 Å². The average Bonchev–Trinajstić information content (AvgIpc) is 2.62. The molecule has 0 N–H and O–H groups in total. The SMILES string of the molecule is COc1ccc(S(=O)(=O)N2CCC[C@H](c3ccnc(C)n3)C2)cc1. The Hall–Kier alpha value is -1.99. The van der Waals surface area contributed by atoms with Gasteiger partial charge in [-0.25, -0.2) is 18.4 Å². The highest BCUT2D eigenvalue weighted by Gasteiger charge is 2.31. The molecule has 0 bridgehead atoms. The molecule has 3 rings (SSSR count). The minimum atomic E-state index is -3.50. The predicted molar refractivity (Wildman–Crippen MR) is 90.5 cm³/mol. The van der Waals surface area contributed by atoms with Crippen LogP contribution in [0.4, 0.5) is 0 Å². The second kappa shape index (κ2) is 6.86. The first-order chi connectivity index (χ1) is 11.5. The van der Waals surface area contributed by atoms with Crippen LogP contribution < -0.4 is 4.74 Å². The summed E-state index contributed by atoms with van der Waals surface area (Å²) in [6, 6.07) is 8.39. The van der Waals surface area contributed by atoms with E-state index in [1.807, 2.05) is 13.0 Å². The van der Waals surface area contributed by atoms with Crippen LogP contribution in [0.25, 0.3) is 0 Å². The molecule has 1 aromatic carbocycles. The molecular formula is C17H21N3O3S. The van der Waals surface area contributed by atoms with E-state index in [0.717, 1.165) is 18.5 Å². The van der Waals surface area contributed by atoms with Crippen LogP contribution >= 0.6 is 0 Å².